The number of nitrogens with zero attached hydrogens (tertiary/aromatic N) is 6. The van der Waals surface area contributed by atoms with Gasteiger partial charge in [0.15, 0.2) is 6.33 Å². The summed E-state index contributed by atoms with van der Waals surface area (Å²) in [6.45, 7) is 0. The maximum atomic E-state index is 12.6. The Hall–Kier alpha value is -2.84. The van der Waals surface area contributed by atoms with Gasteiger partial charge in [-0.3, -0.25) is 4.79 Å². The summed E-state index contributed by atoms with van der Waals surface area (Å²) in [5.74, 6) is 1.34. The largest absolute Gasteiger partial charge is 0.368 e. The molecule has 2 heterocycles. The van der Waals surface area contributed by atoms with E-state index in [1.165, 1.54) is 12.7 Å². The molecule has 3 N–H and O–H groups in total. The van der Waals surface area contributed by atoms with Gasteiger partial charge in [-0.1, -0.05) is 0 Å². The Bertz CT molecular complexity index is 861. The molecule has 4 saturated carbocycles. The zero-order valence-electron chi connectivity index (χ0n) is 15.0. The molecule has 2 aromatic rings. The number of hydrogen-bond donors (Lipinski definition) is 2. The molecule has 140 valence electrons. The van der Waals surface area contributed by atoms with E-state index in [9.17, 15) is 4.79 Å². The topological polar surface area (TPSA) is 124 Å². The Morgan fingerprint density at radius 3 is 2.63 bits per heavy atom. The van der Waals surface area contributed by atoms with Gasteiger partial charge in [-0.05, 0) is 61.7 Å². The first-order valence-corrected chi connectivity index (χ1v) is 9.36. The highest BCUT2D eigenvalue weighted by atomic mass is 16.1. The first-order valence-electron chi connectivity index (χ1n) is 9.36. The average Bonchev–Trinajstić information content (AvgIpc) is 3.15. The maximum Gasteiger partial charge on any atom is 0.244 e. The minimum Gasteiger partial charge on any atom is -0.368 e. The third-order valence-corrected chi connectivity index (χ3v) is 6.31. The van der Waals surface area contributed by atoms with Crippen molar-refractivity contribution in [2.75, 3.05) is 5.73 Å². The van der Waals surface area contributed by atoms with Crippen LogP contribution in [0.3, 0.4) is 0 Å². The van der Waals surface area contributed by atoms with Crippen LogP contribution in [0.5, 0.6) is 0 Å². The summed E-state index contributed by atoms with van der Waals surface area (Å²) in [7, 11) is 0. The number of nitrogen functional groups attached to an aromatic ring is 1. The summed E-state index contributed by atoms with van der Waals surface area (Å²) < 4.78 is 0. The van der Waals surface area contributed by atoms with E-state index in [2.05, 4.69) is 30.7 Å². The van der Waals surface area contributed by atoms with Crippen molar-refractivity contribution in [3.63, 3.8) is 0 Å². The number of carbonyl (C=O) groups is 1. The molecule has 0 radical (unpaired) electrons. The Kier molecular flexibility index (Phi) is 3.53. The Balaban J connectivity index is 1.35. The second-order valence-electron chi connectivity index (χ2n) is 8.39. The molecule has 9 nitrogen and oxygen atoms in total. The molecule has 9 heteroatoms. The second kappa shape index (κ2) is 5.83. The number of hydrogen-bond acceptors (Lipinski definition) is 7. The fraction of sp³-hybridized carbons (Fsp3) is 0.556. The predicted molar refractivity (Wildman–Crippen MR) is 96.8 cm³/mol. The van der Waals surface area contributed by atoms with Crippen LogP contribution in [0.2, 0.25) is 0 Å². The lowest BCUT2D eigenvalue weighted by Gasteiger charge is -2.61. The molecule has 2 aromatic heterocycles. The Morgan fingerprint density at radius 2 is 1.96 bits per heavy atom. The van der Waals surface area contributed by atoms with Gasteiger partial charge in [0.25, 0.3) is 0 Å². The van der Waals surface area contributed by atoms with Crippen LogP contribution in [0.4, 0.5) is 5.95 Å². The van der Waals surface area contributed by atoms with Crippen molar-refractivity contribution in [1.29, 1.82) is 0 Å². The molecule has 2 unspecified atom stereocenters. The zero-order chi connectivity index (χ0) is 18.5. The number of tetrazole rings is 1. The fourth-order valence-corrected chi connectivity index (χ4v) is 5.89. The molecule has 4 fully saturated rings. The van der Waals surface area contributed by atoms with Crippen LogP contribution in [0.1, 0.15) is 44.1 Å². The molecular weight excluding hydrogens is 344 g/mol. The van der Waals surface area contributed by atoms with Crippen LogP contribution in [-0.4, -0.2) is 41.6 Å². The van der Waals surface area contributed by atoms with Crippen molar-refractivity contribution < 1.29 is 4.79 Å². The minimum absolute atomic E-state index is 0.0875. The maximum absolute atomic E-state index is 12.6. The van der Waals surface area contributed by atoms with Gasteiger partial charge in [-0.2, -0.15) is 4.80 Å². The van der Waals surface area contributed by atoms with Crippen molar-refractivity contribution in [1.82, 2.24) is 35.5 Å². The van der Waals surface area contributed by atoms with Crippen molar-refractivity contribution >= 4 is 17.9 Å². The van der Waals surface area contributed by atoms with Crippen molar-refractivity contribution in [3.05, 3.63) is 30.4 Å². The number of amides is 1. The van der Waals surface area contributed by atoms with E-state index in [1.54, 1.807) is 29.3 Å². The number of aromatic nitrogens is 6. The van der Waals surface area contributed by atoms with Gasteiger partial charge in [0, 0.05) is 29.6 Å². The molecular formula is C18H22N8O. The number of nitrogens with two attached hydrogens (primary N) is 1. The van der Waals surface area contributed by atoms with Gasteiger partial charge in [0.1, 0.15) is 0 Å². The molecule has 0 aromatic carbocycles. The highest BCUT2D eigenvalue weighted by Crippen LogP contribution is 2.60. The van der Waals surface area contributed by atoms with E-state index in [0.29, 0.717) is 11.8 Å². The monoisotopic (exact) mass is 366 g/mol. The van der Waals surface area contributed by atoms with E-state index < -0.39 is 0 Å². The number of carbonyl (C=O) groups excluding carboxylic acids is 1. The summed E-state index contributed by atoms with van der Waals surface area (Å²) in [6.07, 6.45) is 14.3. The molecule has 4 aliphatic rings. The molecule has 0 aliphatic heterocycles. The van der Waals surface area contributed by atoms with Gasteiger partial charge >= 0.3 is 0 Å². The standard InChI is InChI=1S/C18H22N8O/c19-16-20-8-12(9-21-16)1-2-15(27)24-17-4-13-3-14(5-17)7-18(6-13,10-17)26-23-11-22-25-26/h1-2,8-9,11,13-14H,3-7,10H2,(H,24,27)(H2,19,20,21). The van der Waals surface area contributed by atoms with Gasteiger partial charge in [0.05, 0.1) is 5.54 Å². The SMILES string of the molecule is Nc1ncc(C=CC(=O)NC23CC4CC(C2)CC(n2ncnn2)(C4)C3)cn1. The number of rotatable bonds is 4. The normalized spacial score (nSPS) is 34.2. The highest BCUT2D eigenvalue weighted by Gasteiger charge is 2.60. The fourth-order valence-electron chi connectivity index (χ4n) is 5.89. The molecule has 2 atom stereocenters. The first kappa shape index (κ1) is 16.3. The Morgan fingerprint density at radius 1 is 1.22 bits per heavy atom. The van der Waals surface area contributed by atoms with Crippen molar-refractivity contribution in [3.8, 4) is 0 Å². The lowest BCUT2D eigenvalue weighted by atomic mass is 9.50. The predicted octanol–water partition coefficient (Wildman–Crippen LogP) is 0.923. The third kappa shape index (κ3) is 2.87. The molecule has 0 spiro atoms. The number of nitrogens with one attached hydrogen (secondary N) is 1. The molecule has 4 bridgehead atoms. The minimum atomic E-state index is -0.184. The van der Waals surface area contributed by atoms with Gasteiger partial charge in [0.2, 0.25) is 11.9 Å². The van der Waals surface area contributed by atoms with Crippen molar-refractivity contribution in [2.45, 2.75) is 49.6 Å². The van der Waals surface area contributed by atoms with Crippen LogP contribution in [0.15, 0.2) is 24.8 Å². The lowest BCUT2D eigenvalue weighted by molar-refractivity contribution is -0.126. The van der Waals surface area contributed by atoms with E-state index in [0.717, 1.165) is 37.7 Å². The van der Waals surface area contributed by atoms with E-state index in [1.807, 2.05) is 0 Å². The molecule has 1 amide bonds. The Labute approximate surface area is 156 Å². The second-order valence-corrected chi connectivity index (χ2v) is 8.39. The summed E-state index contributed by atoms with van der Waals surface area (Å²) in [5, 5.41) is 15.8. The summed E-state index contributed by atoms with van der Waals surface area (Å²) >= 11 is 0. The average molecular weight is 366 g/mol. The van der Waals surface area contributed by atoms with Gasteiger partial charge in [-0.15, -0.1) is 10.2 Å². The smallest absolute Gasteiger partial charge is 0.244 e. The highest BCUT2D eigenvalue weighted by molar-refractivity contribution is 5.92. The molecule has 6 rings (SSSR count). The summed E-state index contributed by atoms with van der Waals surface area (Å²) in [4.78, 5) is 22.3. The van der Waals surface area contributed by atoms with E-state index in [-0.39, 0.29) is 22.9 Å². The zero-order valence-corrected chi connectivity index (χ0v) is 15.0. The van der Waals surface area contributed by atoms with Crippen LogP contribution in [-0.2, 0) is 10.3 Å². The third-order valence-electron chi connectivity index (χ3n) is 6.31. The molecule has 0 saturated heterocycles. The quantitative estimate of drug-likeness (QED) is 0.771. The van der Waals surface area contributed by atoms with E-state index in [4.69, 9.17) is 5.73 Å². The van der Waals surface area contributed by atoms with Gasteiger partial charge < -0.3 is 11.1 Å². The van der Waals surface area contributed by atoms with Crippen LogP contribution in [0.25, 0.3) is 6.08 Å². The van der Waals surface area contributed by atoms with Crippen LogP contribution < -0.4 is 11.1 Å². The van der Waals surface area contributed by atoms with Gasteiger partial charge in [-0.25, -0.2) is 9.97 Å². The number of anilines is 1. The molecule has 4 aliphatic carbocycles. The first-order chi connectivity index (χ1) is 13.0. The lowest BCUT2D eigenvalue weighted by Crippen LogP contribution is -2.66. The summed E-state index contributed by atoms with van der Waals surface area (Å²) in [5.41, 5.74) is 5.94. The summed E-state index contributed by atoms with van der Waals surface area (Å²) in [6, 6.07) is 0. The van der Waals surface area contributed by atoms with Crippen molar-refractivity contribution in [2.24, 2.45) is 11.8 Å². The molecule has 27 heavy (non-hydrogen) atoms. The van der Waals surface area contributed by atoms with Crippen LogP contribution >= 0.6 is 0 Å². The van der Waals surface area contributed by atoms with E-state index >= 15 is 0 Å². The van der Waals surface area contributed by atoms with Crippen LogP contribution in [0, 0.1) is 11.8 Å².